The van der Waals surface area contributed by atoms with Crippen molar-refractivity contribution in [3.05, 3.63) is 5.82 Å². The fourth-order valence-electron chi connectivity index (χ4n) is 1.24. The summed E-state index contributed by atoms with van der Waals surface area (Å²) in [4.78, 5) is 8.41. The Kier molecular flexibility index (Phi) is 4.34. The number of hydrogen-bond acceptors (Lipinski definition) is 5. The maximum absolute atomic E-state index is 5.91. The van der Waals surface area contributed by atoms with Gasteiger partial charge in [0.2, 0.25) is 5.88 Å². The summed E-state index contributed by atoms with van der Waals surface area (Å²) in [5, 5.41) is 3.20. The second kappa shape index (κ2) is 5.53. The van der Waals surface area contributed by atoms with Crippen molar-refractivity contribution in [3.63, 3.8) is 0 Å². The minimum absolute atomic E-state index is 0.459. The van der Waals surface area contributed by atoms with Gasteiger partial charge in [-0.1, -0.05) is 13.8 Å². The molecule has 1 aromatic heterocycles. The molecule has 0 fully saturated rings. The predicted octanol–water partition coefficient (Wildman–Crippen LogP) is 1.83. The molecule has 0 radical (unpaired) electrons. The highest BCUT2D eigenvalue weighted by Crippen LogP contribution is 2.25. The second-order valence-corrected chi connectivity index (χ2v) is 4.05. The van der Waals surface area contributed by atoms with Gasteiger partial charge in [-0.25, -0.2) is 4.98 Å². The number of hydrogen-bond donors (Lipinski definition) is 2. The molecular formula is C11H20N4O. The minimum atomic E-state index is 0.459. The van der Waals surface area contributed by atoms with Crippen molar-refractivity contribution in [3.8, 4) is 5.88 Å². The molecule has 0 saturated carbocycles. The van der Waals surface area contributed by atoms with Crippen LogP contribution in [0.25, 0.3) is 0 Å². The first kappa shape index (κ1) is 12.5. The maximum Gasteiger partial charge on any atom is 0.242 e. The lowest BCUT2D eigenvalue weighted by atomic mass is 10.2. The van der Waals surface area contributed by atoms with Crippen molar-refractivity contribution >= 4 is 11.5 Å². The molecule has 1 aromatic rings. The van der Waals surface area contributed by atoms with Crippen LogP contribution in [-0.2, 0) is 0 Å². The van der Waals surface area contributed by atoms with Crippen LogP contribution in [0.1, 0.15) is 26.6 Å². The summed E-state index contributed by atoms with van der Waals surface area (Å²) < 4.78 is 5.35. The molecule has 16 heavy (non-hydrogen) atoms. The molecule has 0 aromatic carbocycles. The lowest BCUT2D eigenvalue weighted by molar-refractivity contribution is 0.327. The molecule has 0 saturated heterocycles. The van der Waals surface area contributed by atoms with E-state index in [1.807, 2.05) is 13.8 Å². The number of nitrogens with zero attached hydrogens (tertiary/aromatic N) is 2. The number of aromatic nitrogens is 2. The summed E-state index contributed by atoms with van der Waals surface area (Å²) in [6.45, 7) is 9.35. The third kappa shape index (κ3) is 3.25. The first-order valence-electron chi connectivity index (χ1n) is 5.55. The van der Waals surface area contributed by atoms with Gasteiger partial charge in [0.25, 0.3) is 0 Å². The Bertz CT molecular complexity index is 352. The Hall–Kier alpha value is -1.52. The Morgan fingerprint density at radius 1 is 1.38 bits per heavy atom. The van der Waals surface area contributed by atoms with Gasteiger partial charge in [-0.3, -0.25) is 0 Å². The molecular weight excluding hydrogens is 204 g/mol. The van der Waals surface area contributed by atoms with Crippen LogP contribution in [0, 0.1) is 12.8 Å². The van der Waals surface area contributed by atoms with Gasteiger partial charge in [-0.15, -0.1) is 0 Å². The highest BCUT2D eigenvalue weighted by molar-refractivity contribution is 5.66. The molecule has 0 aliphatic rings. The van der Waals surface area contributed by atoms with E-state index < -0.39 is 0 Å². The van der Waals surface area contributed by atoms with Gasteiger partial charge in [0.1, 0.15) is 11.5 Å². The van der Waals surface area contributed by atoms with Gasteiger partial charge in [0, 0.05) is 6.54 Å². The average Bonchev–Trinajstić information content (AvgIpc) is 2.21. The van der Waals surface area contributed by atoms with Crippen LogP contribution in [0.15, 0.2) is 0 Å². The van der Waals surface area contributed by atoms with Gasteiger partial charge in [0.05, 0.1) is 6.61 Å². The van der Waals surface area contributed by atoms with Crippen LogP contribution < -0.4 is 15.8 Å². The van der Waals surface area contributed by atoms with Gasteiger partial charge in [-0.2, -0.15) is 4.98 Å². The molecule has 1 heterocycles. The van der Waals surface area contributed by atoms with E-state index in [0.717, 1.165) is 6.54 Å². The van der Waals surface area contributed by atoms with Crippen molar-refractivity contribution < 1.29 is 4.74 Å². The van der Waals surface area contributed by atoms with Crippen LogP contribution in [0.4, 0.5) is 11.5 Å². The number of rotatable bonds is 5. The molecule has 0 amide bonds. The second-order valence-electron chi connectivity index (χ2n) is 4.05. The fourth-order valence-corrected chi connectivity index (χ4v) is 1.24. The summed E-state index contributed by atoms with van der Waals surface area (Å²) in [5.41, 5.74) is 6.39. The van der Waals surface area contributed by atoms with Gasteiger partial charge >= 0.3 is 0 Å². The molecule has 0 aliphatic heterocycles. The Morgan fingerprint density at radius 3 is 2.62 bits per heavy atom. The smallest absolute Gasteiger partial charge is 0.242 e. The number of aryl methyl sites for hydroxylation is 1. The van der Waals surface area contributed by atoms with E-state index in [4.69, 9.17) is 10.5 Å². The average molecular weight is 224 g/mol. The summed E-state index contributed by atoms with van der Waals surface area (Å²) in [6, 6.07) is 0. The molecule has 0 bridgehead atoms. The number of nitrogen functional groups attached to an aromatic ring is 1. The third-order valence-electron chi connectivity index (χ3n) is 1.98. The Balaban J connectivity index is 2.90. The first-order valence-corrected chi connectivity index (χ1v) is 5.55. The van der Waals surface area contributed by atoms with Crippen molar-refractivity contribution in [2.75, 3.05) is 24.2 Å². The molecule has 5 heteroatoms. The zero-order valence-corrected chi connectivity index (χ0v) is 10.4. The summed E-state index contributed by atoms with van der Waals surface area (Å²) in [5.74, 6) is 2.31. The van der Waals surface area contributed by atoms with Gasteiger partial charge in [-0.05, 0) is 19.8 Å². The molecule has 0 spiro atoms. The van der Waals surface area contributed by atoms with Crippen molar-refractivity contribution in [2.24, 2.45) is 5.92 Å². The number of nitrogens with one attached hydrogen (secondary N) is 1. The highest BCUT2D eigenvalue weighted by Gasteiger charge is 2.10. The van der Waals surface area contributed by atoms with Crippen LogP contribution >= 0.6 is 0 Å². The molecule has 0 unspecified atom stereocenters. The molecule has 1 rings (SSSR count). The highest BCUT2D eigenvalue weighted by atomic mass is 16.5. The quantitative estimate of drug-likeness (QED) is 0.798. The fraction of sp³-hybridized carbons (Fsp3) is 0.636. The van der Waals surface area contributed by atoms with E-state index in [9.17, 15) is 0 Å². The zero-order chi connectivity index (χ0) is 12.1. The van der Waals surface area contributed by atoms with E-state index in [1.165, 1.54) is 0 Å². The first-order chi connectivity index (χ1) is 7.54. The van der Waals surface area contributed by atoms with Gasteiger partial charge in [0.15, 0.2) is 5.82 Å². The van der Waals surface area contributed by atoms with Crippen LogP contribution in [-0.4, -0.2) is 23.1 Å². The lowest BCUT2D eigenvalue weighted by Gasteiger charge is -2.13. The van der Waals surface area contributed by atoms with Crippen LogP contribution in [0.2, 0.25) is 0 Å². The summed E-state index contributed by atoms with van der Waals surface area (Å²) in [7, 11) is 0. The number of nitrogens with two attached hydrogens (primary N) is 1. The predicted molar refractivity (Wildman–Crippen MR) is 65.7 cm³/mol. The Labute approximate surface area is 96.4 Å². The van der Waals surface area contributed by atoms with Crippen molar-refractivity contribution in [2.45, 2.75) is 27.7 Å². The SMILES string of the molecule is CCOc1nc(C)nc(NCC(C)C)c1N. The standard InChI is InChI=1S/C11H20N4O/c1-5-16-11-9(12)10(13-6-7(2)3)14-8(4)15-11/h7H,5-6,12H2,1-4H3,(H,13,14,15). The largest absolute Gasteiger partial charge is 0.476 e. The topological polar surface area (TPSA) is 73.1 Å². The van der Waals surface area contributed by atoms with Crippen LogP contribution in [0.5, 0.6) is 5.88 Å². The van der Waals surface area contributed by atoms with Crippen molar-refractivity contribution in [1.29, 1.82) is 0 Å². The minimum Gasteiger partial charge on any atom is -0.476 e. The number of ether oxygens (including phenoxy) is 1. The monoisotopic (exact) mass is 224 g/mol. The molecule has 3 N–H and O–H groups in total. The third-order valence-corrected chi connectivity index (χ3v) is 1.98. The van der Waals surface area contributed by atoms with E-state index in [-0.39, 0.29) is 0 Å². The van der Waals surface area contributed by atoms with Gasteiger partial charge < -0.3 is 15.8 Å². The van der Waals surface area contributed by atoms with E-state index in [2.05, 4.69) is 29.1 Å². The van der Waals surface area contributed by atoms with Crippen LogP contribution in [0.3, 0.4) is 0 Å². The summed E-state index contributed by atoms with van der Waals surface area (Å²) in [6.07, 6.45) is 0. The lowest BCUT2D eigenvalue weighted by Crippen LogP contribution is -2.13. The number of anilines is 2. The molecule has 5 nitrogen and oxygen atoms in total. The van der Waals surface area contributed by atoms with E-state index in [0.29, 0.717) is 35.7 Å². The molecule has 0 aliphatic carbocycles. The molecule has 90 valence electrons. The Morgan fingerprint density at radius 2 is 2.06 bits per heavy atom. The zero-order valence-electron chi connectivity index (χ0n) is 10.4. The van der Waals surface area contributed by atoms with Crippen molar-refractivity contribution in [1.82, 2.24) is 9.97 Å². The molecule has 0 atom stereocenters. The summed E-state index contributed by atoms with van der Waals surface area (Å²) >= 11 is 0. The van der Waals surface area contributed by atoms with E-state index in [1.54, 1.807) is 0 Å². The van der Waals surface area contributed by atoms with E-state index >= 15 is 0 Å². The normalized spacial score (nSPS) is 10.6. The maximum atomic E-state index is 5.91.